The number of ether oxygens (including phenoxy) is 4. The van der Waals surface area contributed by atoms with Gasteiger partial charge in [-0.1, -0.05) is 261 Å². The number of allylic oxidation sites excluding steroid dienone is 9. The van der Waals surface area contributed by atoms with Crippen LogP contribution in [0.1, 0.15) is 264 Å². The van der Waals surface area contributed by atoms with E-state index in [1.165, 1.54) is 173 Å². The largest absolute Gasteiger partial charge is 0.394 e. The van der Waals surface area contributed by atoms with Gasteiger partial charge in [0.1, 0.15) is 48.8 Å². The molecule has 12 unspecified atom stereocenters. The lowest BCUT2D eigenvalue weighted by Crippen LogP contribution is -2.65. The minimum atomic E-state index is -1.79. The van der Waals surface area contributed by atoms with Crippen molar-refractivity contribution in [3.8, 4) is 0 Å². The average molecular weight is 1150 g/mol. The van der Waals surface area contributed by atoms with Crippen LogP contribution in [-0.2, 0) is 23.7 Å². The summed E-state index contributed by atoms with van der Waals surface area (Å²) < 4.78 is 22.8. The van der Waals surface area contributed by atoms with E-state index in [2.05, 4.69) is 67.8 Å². The van der Waals surface area contributed by atoms with Crippen LogP contribution in [0.25, 0.3) is 0 Å². The molecule has 1 amide bonds. The Morgan fingerprint density at radius 3 is 1.31 bits per heavy atom. The van der Waals surface area contributed by atoms with Gasteiger partial charge in [0, 0.05) is 6.42 Å². The van der Waals surface area contributed by atoms with Crippen molar-refractivity contribution in [1.29, 1.82) is 0 Å². The summed E-state index contributed by atoms with van der Waals surface area (Å²) in [6.45, 7) is 2.70. The molecular formula is C67H121NO13. The second kappa shape index (κ2) is 52.1. The number of carbonyl (C=O) groups is 1. The SMILES string of the molecule is CC/C=C\C/C=C\C/C=C\C/C=C\CCCCCCCCCCCCCCCCCCCCC(=O)NC(COC1OC(CO)C(OC2OC(CO)C(O)C(O)C2O)C(O)C1O)C(O)/C=C/CCCCCCCCCCCCCCCC. The Morgan fingerprint density at radius 1 is 0.457 bits per heavy atom. The predicted molar refractivity (Wildman–Crippen MR) is 327 cm³/mol. The summed E-state index contributed by atoms with van der Waals surface area (Å²) in [6.07, 6.45) is 51.3. The number of aliphatic hydroxyl groups is 8. The minimum absolute atomic E-state index is 0.237. The smallest absolute Gasteiger partial charge is 0.220 e. The molecule has 2 fully saturated rings. The first-order valence-electron chi connectivity index (χ1n) is 33.0. The van der Waals surface area contributed by atoms with Gasteiger partial charge in [0.15, 0.2) is 12.6 Å². The van der Waals surface area contributed by atoms with Crippen molar-refractivity contribution in [1.82, 2.24) is 5.32 Å². The van der Waals surface area contributed by atoms with Gasteiger partial charge in [0.25, 0.3) is 0 Å². The molecule has 0 aromatic carbocycles. The highest BCUT2D eigenvalue weighted by atomic mass is 16.7. The van der Waals surface area contributed by atoms with E-state index in [0.717, 1.165) is 64.2 Å². The average Bonchev–Trinajstić information content (AvgIpc) is 3.47. The fourth-order valence-corrected chi connectivity index (χ4v) is 10.7. The summed E-state index contributed by atoms with van der Waals surface area (Å²) in [4.78, 5) is 13.3. The van der Waals surface area contributed by atoms with Gasteiger partial charge in [-0.3, -0.25) is 4.79 Å². The topological polar surface area (TPSA) is 228 Å². The predicted octanol–water partition coefficient (Wildman–Crippen LogP) is 12.5. The van der Waals surface area contributed by atoms with Crippen LogP contribution in [0.15, 0.2) is 60.8 Å². The van der Waals surface area contributed by atoms with Crippen LogP contribution in [0.4, 0.5) is 0 Å². The number of hydrogen-bond acceptors (Lipinski definition) is 13. The fourth-order valence-electron chi connectivity index (χ4n) is 10.7. The highest BCUT2D eigenvalue weighted by Crippen LogP contribution is 2.30. The first-order chi connectivity index (χ1) is 39.6. The molecule has 2 saturated heterocycles. The molecule has 2 aliphatic heterocycles. The summed E-state index contributed by atoms with van der Waals surface area (Å²) in [6, 6.07) is -0.915. The van der Waals surface area contributed by atoms with Crippen molar-refractivity contribution in [3.05, 3.63) is 60.8 Å². The Labute approximate surface area is 492 Å². The Kier molecular flexibility index (Phi) is 48.1. The highest BCUT2D eigenvalue weighted by Gasteiger charge is 2.51. The lowest BCUT2D eigenvalue weighted by molar-refractivity contribution is -0.359. The third-order valence-corrected chi connectivity index (χ3v) is 16.0. The van der Waals surface area contributed by atoms with Crippen molar-refractivity contribution < 1.29 is 64.6 Å². The van der Waals surface area contributed by atoms with Crippen LogP contribution < -0.4 is 5.32 Å². The molecule has 0 saturated carbocycles. The molecule has 14 heteroatoms. The highest BCUT2D eigenvalue weighted by molar-refractivity contribution is 5.76. The van der Waals surface area contributed by atoms with Gasteiger partial charge in [0.05, 0.1) is 32.0 Å². The van der Waals surface area contributed by atoms with E-state index >= 15 is 0 Å². The molecule has 0 spiro atoms. The minimum Gasteiger partial charge on any atom is -0.394 e. The van der Waals surface area contributed by atoms with Gasteiger partial charge in [-0.05, 0) is 57.8 Å². The van der Waals surface area contributed by atoms with Gasteiger partial charge >= 0.3 is 0 Å². The van der Waals surface area contributed by atoms with E-state index < -0.39 is 86.8 Å². The maximum Gasteiger partial charge on any atom is 0.220 e. The molecule has 0 radical (unpaired) electrons. The first kappa shape index (κ1) is 74.8. The van der Waals surface area contributed by atoms with Gasteiger partial charge < -0.3 is 65.1 Å². The van der Waals surface area contributed by atoms with Crippen molar-refractivity contribution in [2.45, 2.75) is 338 Å². The standard InChI is InChI=1S/C67H121NO13/c1-3-5-7-9-11-13-15-17-19-21-22-23-24-25-26-27-28-29-30-31-32-33-34-35-37-39-41-43-45-47-49-51-59(72)68-55(56(71)50-48-46-44-42-40-38-36-20-18-16-14-12-10-8-6-4-2)54-78-66-64(77)62(75)65(58(53-70)80-66)81-67-63(76)61(74)60(73)57(52-69)79-67/h5,7,11,13,17,19,22-23,48,50,55-58,60-67,69-71,73-77H,3-4,6,8-10,12,14-16,18,20-21,24-47,49,51-54H2,1-2H3,(H,68,72)/b7-5-,13-11-,19-17-,23-22-,50-48+. The van der Waals surface area contributed by atoms with Crippen LogP contribution in [0.2, 0.25) is 0 Å². The Hall–Kier alpha value is -2.31. The maximum atomic E-state index is 13.3. The second-order valence-electron chi connectivity index (χ2n) is 23.2. The molecule has 472 valence electrons. The Balaban J connectivity index is 1.66. The molecule has 81 heavy (non-hydrogen) atoms. The molecule has 14 nitrogen and oxygen atoms in total. The van der Waals surface area contributed by atoms with Crippen LogP contribution >= 0.6 is 0 Å². The van der Waals surface area contributed by atoms with Gasteiger partial charge in [-0.15, -0.1) is 0 Å². The summed E-state index contributed by atoms with van der Waals surface area (Å²) in [7, 11) is 0. The first-order valence-corrected chi connectivity index (χ1v) is 33.0. The molecule has 0 bridgehead atoms. The number of hydrogen-bond donors (Lipinski definition) is 9. The van der Waals surface area contributed by atoms with E-state index in [0.29, 0.717) is 6.42 Å². The molecule has 12 atom stereocenters. The Bertz CT molecular complexity index is 1590. The fraction of sp³-hybridized carbons (Fsp3) is 0.836. The van der Waals surface area contributed by atoms with Crippen LogP contribution in [-0.4, -0.2) is 140 Å². The third kappa shape index (κ3) is 37.0. The van der Waals surface area contributed by atoms with Crippen molar-refractivity contribution >= 4 is 5.91 Å². The number of nitrogens with one attached hydrogen (secondary N) is 1. The lowest BCUT2D eigenvalue weighted by atomic mass is 9.97. The number of rotatable bonds is 53. The summed E-state index contributed by atoms with van der Waals surface area (Å²) in [5, 5.41) is 87.2. The van der Waals surface area contributed by atoms with Crippen LogP contribution in [0.3, 0.4) is 0 Å². The zero-order chi connectivity index (χ0) is 58.8. The normalized spacial score (nSPS) is 24.5. The molecule has 2 aliphatic rings. The summed E-state index contributed by atoms with van der Waals surface area (Å²) >= 11 is 0. The molecule has 2 rings (SSSR count). The van der Waals surface area contributed by atoms with Gasteiger partial charge in [-0.25, -0.2) is 0 Å². The van der Waals surface area contributed by atoms with Crippen molar-refractivity contribution in [3.63, 3.8) is 0 Å². The number of unbranched alkanes of at least 4 members (excludes halogenated alkanes) is 32. The third-order valence-electron chi connectivity index (χ3n) is 16.0. The maximum absolute atomic E-state index is 13.3. The lowest BCUT2D eigenvalue weighted by Gasteiger charge is -2.46. The summed E-state index contributed by atoms with van der Waals surface area (Å²) in [5.74, 6) is -0.237. The van der Waals surface area contributed by atoms with E-state index in [1.54, 1.807) is 6.08 Å². The Morgan fingerprint density at radius 2 is 0.852 bits per heavy atom. The van der Waals surface area contributed by atoms with Crippen molar-refractivity contribution in [2.75, 3.05) is 19.8 Å². The van der Waals surface area contributed by atoms with Gasteiger partial charge in [0.2, 0.25) is 5.91 Å². The molecule has 0 aliphatic carbocycles. The zero-order valence-electron chi connectivity index (χ0n) is 51.0. The molecule has 9 N–H and O–H groups in total. The second-order valence-corrected chi connectivity index (χ2v) is 23.2. The molecule has 0 aromatic heterocycles. The number of amides is 1. The summed E-state index contributed by atoms with van der Waals surface area (Å²) in [5.41, 5.74) is 0. The molecule has 2 heterocycles. The van der Waals surface area contributed by atoms with Crippen molar-refractivity contribution in [2.24, 2.45) is 0 Å². The van der Waals surface area contributed by atoms with Crippen LogP contribution in [0.5, 0.6) is 0 Å². The quantitative estimate of drug-likeness (QED) is 0.0204. The van der Waals surface area contributed by atoms with E-state index in [4.69, 9.17) is 18.9 Å². The molecule has 0 aromatic rings. The van der Waals surface area contributed by atoms with E-state index in [-0.39, 0.29) is 18.9 Å². The van der Waals surface area contributed by atoms with Crippen LogP contribution in [0, 0.1) is 0 Å². The molecular weight excluding hydrogens is 1030 g/mol. The number of carbonyl (C=O) groups excluding carboxylic acids is 1. The van der Waals surface area contributed by atoms with E-state index in [9.17, 15) is 45.6 Å². The van der Waals surface area contributed by atoms with Gasteiger partial charge in [-0.2, -0.15) is 0 Å². The zero-order valence-corrected chi connectivity index (χ0v) is 51.0. The number of aliphatic hydroxyl groups excluding tert-OH is 8. The van der Waals surface area contributed by atoms with E-state index in [1.807, 2.05) is 6.08 Å². The monoisotopic (exact) mass is 1150 g/mol.